The summed E-state index contributed by atoms with van der Waals surface area (Å²) in [6.07, 6.45) is 2.36. The van der Waals surface area contributed by atoms with Crippen molar-refractivity contribution in [3.63, 3.8) is 0 Å². The number of nitrogens with one attached hydrogen (secondary N) is 1. The molecule has 2 bridgehead atoms. The monoisotopic (exact) mass is 370 g/mol. The third kappa shape index (κ3) is 2.29. The van der Waals surface area contributed by atoms with Crippen LogP contribution in [0.3, 0.4) is 0 Å². The van der Waals surface area contributed by atoms with Crippen LogP contribution in [0.25, 0.3) is 10.9 Å². The first-order chi connectivity index (χ1) is 10.1. The van der Waals surface area contributed by atoms with E-state index in [4.69, 9.17) is 11.6 Å². The van der Waals surface area contributed by atoms with Gasteiger partial charge in [-0.1, -0.05) is 0 Å². The molecule has 7 heteroatoms. The van der Waals surface area contributed by atoms with Gasteiger partial charge in [0.2, 0.25) is 5.28 Å². The van der Waals surface area contributed by atoms with Gasteiger partial charge in [-0.05, 0) is 52.5 Å². The molecule has 0 unspecified atom stereocenters. The third-order valence-corrected chi connectivity index (χ3v) is 5.01. The van der Waals surface area contributed by atoms with Gasteiger partial charge < -0.3 is 10.2 Å². The molecule has 2 aromatic rings. The molecule has 2 atom stereocenters. The minimum atomic E-state index is -0.392. The minimum Gasteiger partial charge on any atom is -0.353 e. The number of aromatic nitrogens is 2. The Morgan fingerprint density at radius 2 is 1.95 bits per heavy atom. The number of nitrogens with zero attached hydrogens (tertiary/aromatic N) is 3. The number of benzene rings is 1. The van der Waals surface area contributed by atoms with Crippen molar-refractivity contribution in [1.82, 2.24) is 15.3 Å². The highest BCUT2D eigenvalue weighted by Gasteiger charge is 2.33. The Kier molecular flexibility index (Phi) is 3.28. The van der Waals surface area contributed by atoms with E-state index in [9.17, 15) is 4.39 Å². The van der Waals surface area contributed by atoms with Crippen molar-refractivity contribution >= 4 is 44.3 Å². The van der Waals surface area contributed by atoms with E-state index in [1.54, 1.807) is 6.07 Å². The van der Waals surface area contributed by atoms with E-state index >= 15 is 0 Å². The maximum absolute atomic E-state index is 14.3. The molecular weight excluding hydrogens is 359 g/mol. The fraction of sp³-hybridized carbons (Fsp3) is 0.429. The van der Waals surface area contributed by atoms with E-state index in [1.807, 2.05) is 6.07 Å². The topological polar surface area (TPSA) is 41.0 Å². The number of piperazine rings is 1. The zero-order valence-electron chi connectivity index (χ0n) is 11.1. The molecule has 1 N–H and O–H groups in total. The van der Waals surface area contributed by atoms with Crippen molar-refractivity contribution in [3.05, 3.63) is 27.7 Å². The van der Waals surface area contributed by atoms with Crippen LogP contribution in [0, 0.1) is 5.82 Å². The lowest BCUT2D eigenvalue weighted by molar-refractivity contribution is 0.464. The second kappa shape index (κ2) is 5.04. The van der Waals surface area contributed by atoms with Crippen LogP contribution in [0.15, 0.2) is 16.6 Å². The summed E-state index contributed by atoms with van der Waals surface area (Å²) >= 11 is 9.20. The van der Waals surface area contributed by atoms with Crippen LogP contribution in [0.2, 0.25) is 5.28 Å². The molecule has 21 heavy (non-hydrogen) atoms. The first kappa shape index (κ1) is 13.7. The van der Waals surface area contributed by atoms with Crippen LogP contribution in [0.1, 0.15) is 12.8 Å². The van der Waals surface area contributed by atoms with E-state index in [0.717, 1.165) is 18.9 Å². The van der Waals surface area contributed by atoms with Gasteiger partial charge in [-0.2, -0.15) is 4.98 Å². The molecule has 0 radical (unpaired) electrons. The van der Waals surface area contributed by atoms with Gasteiger partial charge in [0, 0.05) is 30.6 Å². The Labute approximate surface area is 134 Å². The molecule has 2 saturated heterocycles. The Balaban J connectivity index is 1.86. The molecular formula is C14H13BrClFN4. The summed E-state index contributed by atoms with van der Waals surface area (Å²) in [5.41, 5.74) is 0.269. The molecule has 0 spiro atoms. The lowest BCUT2D eigenvalue weighted by Crippen LogP contribution is -2.51. The van der Waals surface area contributed by atoms with Crippen molar-refractivity contribution in [3.8, 4) is 0 Å². The SMILES string of the molecule is Fc1c(Br)ccc2c(N3C[C@H]4CC[C@@H](C3)N4)nc(Cl)nc12. The maximum atomic E-state index is 14.3. The van der Waals surface area contributed by atoms with Gasteiger partial charge in [-0.15, -0.1) is 0 Å². The Morgan fingerprint density at radius 3 is 2.67 bits per heavy atom. The molecule has 2 aliphatic heterocycles. The molecule has 1 aromatic heterocycles. The number of fused-ring (bicyclic) bond motifs is 3. The lowest BCUT2D eigenvalue weighted by atomic mass is 10.2. The predicted octanol–water partition coefficient (Wildman–Crippen LogP) is 3.13. The minimum absolute atomic E-state index is 0.0837. The van der Waals surface area contributed by atoms with Crippen LogP contribution in [0.5, 0.6) is 0 Å². The predicted molar refractivity (Wildman–Crippen MR) is 84.4 cm³/mol. The summed E-state index contributed by atoms with van der Waals surface area (Å²) in [6, 6.07) is 4.49. The summed E-state index contributed by atoms with van der Waals surface area (Å²) < 4.78 is 14.6. The second-order valence-corrected chi connectivity index (χ2v) is 6.81. The molecule has 4 nitrogen and oxygen atoms in total. The quantitative estimate of drug-likeness (QED) is 0.782. The summed E-state index contributed by atoms with van der Waals surface area (Å²) in [5.74, 6) is 0.339. The first-order valence-electron chi connectivity index (χ1n) is 6.94. The van der Waals surface area contributed by atoms with Crippen LogP contribution in [-0.2, 0) is 0 Å². The van der Waals surface area contributed by atoms with Gasteiger partial charge in [0.05, 0.1) is 4.47 Å². The van der Waals surface area contributed by atoms with Crippen molar-refractivity contribution in [1.29, 1.82) is 0 Å². The van der Waals surface area contributed by atoms with E-state index in [0.29, 0.717) is 21.9 Å². The largest absolute Gasteiger partial charge is 0.353 e. The number of rotatable bonds is 1. The highest BCUT2D eigenvalue weighted by Crippen LogP contribution is 2.33. The van der Waals surface area contributed by atoms with Gasteiger partial charge in [0.15, 0.2) is 5.82 Å². The molecule has 0 aliphatic carbocycles. The normalized spacial score (nSPS) is 24.8. The average Bonchev–Trinajstić information content (AvgIpc) is 2.81. The van der Waals surface area contributed by atoms with Gasteiger partial charge >= 0.3 is 0 Å². The highest BCUT2D eigenvalue weighted by atomic mass is 79.9. The molecule has 0 amide bonds. The smallest absolute Gasteiger partial charge is 0.225 e. The highest BCUT2D eigenvalue weighted by molar-refractivity contribution is 9.10. The standard InChI is InChI=1S/C14H13BrClFN4/c15-10-4-3-9-12(11(10)17)19-14(16)20-13(9)21-5-7-1-2-8(6-21)18-7/h3-4,7-8,18H,1-2,5-6H2/t7-,8+. The van der Waals surface area contributed by atoms with Crippen LogP contribution in [-0.4, -0.2) is 35.1 Å². The van der Waals surface area contributed by atoms with Gasteiger partial charge in [0.1, 0.15) is 11.3 Å². The molecule has 2 aliphatic rings. The first-order valence-corrected chi connectivity index (χ1v) is 8.11. The fourth-order valence-corrected chi connectivity index (χ4v) is 3.79. The molecule has 3 heterocycles. The van der Waals surface area contributed by atoms with Gasteiger partial charge in [-0.25, -0.2) is 9.37 Å². The molecule has 4 rings (SSSR count). The molecule has 1 aromatic carbocycles. The zero-order valence-corrected chi connectivity index (χ0v) is 13.5. The van der Waals surface area contributed by atoms with E-state index < -0.39 is 5.82 Å². The summed E-state index contributed by atoms with van der Waals surface area (Å²) in [7, 11) is 0. The van der Waals surface area contributed by atoms with Gasteiger partial charge in [0.25, 0.3) is 0 Å². The lowest BCUT2D eigenvalue weighted by Gasteiger charge is -2.34. The van der Waals surface area contributed by atoms with E-state index in [1.165, 1.54) is 12.8 Å². The summed E-state index contributed by atoms with van der Waals surface area (Å²) in [5, 5.41) is 4.37. The Hall–Kier alpha value is -0.980. The van der Waals surface area contributed by atoms with Crippen molar-refractivity contribution < 1.29 is 4.39 Å². The van der Waals surface area contributed by atoms with E-state index in [2.05, 4.69) is 36.1 Å². The van der Waals surface area contributed by atoms with Crippen LogP contribution < -0.4 is 10.2 Å². The van der Waals surface area contributed by atoms with Crippen LogP contribution in [0.4, 0.5) is 10.2 Å². The number of halogens is 3. The maximum Gasteiger partial charge on any atom is 0.225 e. The number of hydrogen-bond donors (Lipinski definition) is 1. The molecule has 2 fully saturated rings. The summed E-state index contributed by atoms with van der Waals surface area (Å²) in [4.78, 5) is 10.6. The van der Waals surface area contributed by atoms with Crippen molar-refractivity contribution in [2.24, 2.45) is 0 Å². The van der Waals surface area contributed by atoms with Gasteiger partial charge in [-0.3, -0.25) is 0 Å². The van der Waals surface area contributed by atoms with E-state index in [-0.39, 0.29) is 10.8 Å². The van der Waals surface area contributed by atoms with Crippen molar-refractivity contribution in [2.45, 2.75) is 24.9 Å². The fourth-order valence-electron chi connectivity index (χ4n) is 3.31. The summed E-state index contributed by atoms with van der Waals surface area (Å²) in [6.45, 7) is 1.74. The Bertz CT molecular complexity index is 714. The second-order valence-electron chi connectivity index (χ2n) is 5.62. The van der Waals surface area contributed by atoms with Crippen molar-refractivity contribution in [2.75, 3.05) is 18.0 Å². The molecule has 0 saturated carbocycles. The molecule has 110 valence electrons. The Morgan fingerprint density at radius 1 is 1.24 bits per heavy atom. The zero-order chi connectivity index (χ0) is 14.6. The number of anilines is 1. The average molecular weight is 372 g/mol. The van der Waals surface area contributed by atoms with Crippen LogP contribution >= 0.6 is 27.5 Å². The number of hydrogen-bond acceptors (Lipinski definition) is 4. The third-order valence-electron chi connectivity index (χ3n) is 4.23.